The third-order valence-electron chi connectivity index (χ3n) is 1.79. The summed E-state index contributed by atoms with van der Waals surface area (Å²) in [5.74, 6) is 2.55. The van der Waals surface area contributed by atoms with Gasteiger partial charge in [-0.25, -0.2) is 4.39 Å². The summed E-state index contributed by atoms with van der Waals surface area (Å²) in [7, 11) is 0. The monoisotopic (exact) mass is 141 g/mol. The molecule has 0 aromatic heterocycles. The zero-order chi connectivity index (χ0) is 7.40. The molecule has 0 bridgehead atoms. The lowest BCUT2D eigenvalue weighted by Crippen LogP contribution is -2.21. The van der Waals surface area contributed by atoms with Crippen LogP contribution in [0, 0.1) is 12.3 Å². The molecule has 0 unspecified atom stereocenters. The van der Waals surface area contributed by atoms with Crippen molar-refractivity contribution in [3.63, 3.8) is 0 Å². The largest absolute Gasteiger partial charge is 0.299 e. The minimum atomic E-state index is -0.613. The second-order valence-electron chi connectivity index (χ2n) is 2.64. The van der Waals surface area contributed by atoms with Gasteiger partial charge in [-0.1, -0.05) is 0 Å². The lowest BCUT2D eigenvalue weighted by atomic mass is 10.3. The maximum Gasteiger partial charge on any atom is 0.114 e. The molecule has 1 fully saturated rings. The first-order valence-electron chi connectivity index (χ1n) is 3.63. The maximum atomic E-state index is 12.5. The Morgan fingerprint density at radius 3 is 3.00 bits per heavy atom. The molecule has 1 atom stereocenters. The molecule has 0 N–H and O–H groups in total. The van der Waals surface area contributed by atoms with Crippen molar-refractivity contribution in [1.82, 2.24) is 4.90 Å². The summed E-state index contributed by atoms with van der Waals surface area (Å²) in [6.45, 7) is 2.32. The molecule has 1 rings (SSSR count). The summed E-state index contributed by atoms with van der Waals surface area (Å²) in [6, 6.07) is 0. The normalized spacial score (nSPS) is 26.6. The van der Waals surface area contributed by atoms with E-state index in [9.17, 15) is 4.39 Å². The topological polar surface area (TPSA) is 3.24 Å². The van der Waals surface area contributed by atoms with Crippen molar-refractivity contribution in [1.29, 1.82) is 0 Å². The Morgan fingerprint density at radius 1 is 1.70 bits per heavy atom. The fourth-order valence-electron chi connectivity index (χ4n) is 1.21. The number of likely N-dealkylation sites (tertiary alicyclic amines) is 1. The molecule has 0 saturated carbocycles. The SMILES string of the molecule is C#CCCN1CC[C@H](F)C1. The summed E-state index contributed by atoms with van der Waals surface area (Å²) in [5.41, 5.74) is 0. The van der Waals surface area contributed by atoms with Gasteiger partial charge in [-0.05, 0) is 6.42 Å². The first-order chi connectivity index (χ1) is 4.83. The Morgan fingerprint density at radius 2 is 2.50 bits per heavy atom. The lowest BCUT2D eigenvalue weighted by Gasteiger charge is -2.11. The van der Waals surface area contributed by atoms with Crippen molar-refractivity contribution in [2.45, 2.75) is 19.0 Å². The van der Waals surface area contributed by atoms with Crippen LogP contribution in [0.15, 0.2) is 0 Å². The van der Waals surface area contributed by atoms with Gasteiger partial charge in [0.05, 0.1) is 0 Å². The Kier molecular flexibility index (Phi) is 2.70. The summed E-state index contributed by atoms with van der Waals surface area (Å²) >= 11 is 0. The first kappa shape index (κ1) is 7.56. The van der Waals surface area contributed by atoms with Crippen LogP contribution in [-0.4, -0.2) is 30.7 Å². The Bertz CT molecular complexity index is 139. The molecule has 0 amide bonds. The maximum absolute atomic E-state index is 12.5. The number of halogens is 1. The molecule has 1 saturated heterocycles. The van der Waals surface area contributed by atoms with E-state index in [2.05, 4.69) is 10.8 Å². The molecule has 0 spiro atoms. The van der Waals surface area contributed by atoms with E-state index in [1.165, 1.54) is 0 Å². The van der Waals surface area contributed by atoms with Crippen molar-refractivity contribution in [3.8, 4) is 12.3 Å². The van der Waals surface area contributed by atoms with Gasteiger partial charge in [-0.3, -0.25) is 4.90 Å². The third kappa shape index (κ3) is 2.00. The number of hydrogen-bond donors (Lipinski definition) is 0. The number of rotatable bonds is 2. The molecule has 56 valence electrons. The van der Waals surface area contributed by atoms with Gasteiger partial charge in [-0.15, -0.1) is 12.3 Å². The van der Waals surface area contributed by atoms with E-state index in [1.54, 1.807) is 0 Å². The number of alkyl halides is 1. The molecular weight excluding hydrogens is 129 g/mol. The number of nitrogens with zero attached hydrogens (tertiary/aromatic N) is 1. The van der Waals surface area contributed by atoms with Crippen LogP contribution in [0.2, 0.25) is 0 Å². The second kappa shape index (κ2) is 3.58. The van der Waals surface area contributed by atoms with E-state index in [4.69, 9.17) is 6.42 Å². The van der Waals surface area contributed by atoms with Gasteiger partial charge in [-0.2, -0.15) is 0 Å². The minimum Gasteiger partial charge on any atom is -0.299 e. The van der Waals surface area contributed by atoms with Crippen LogP contribution in [0.5, 0.6) is 0 Å². The smallest absolute Gasteiger partial charge is 0.114 e. The zero-order valence-corrected chi connectivity index (χ0v) is 6.02. The highest BCUT2D eigenvalue weighted by Crippen LogP contribution is 2.11. The van der Waals surface area contributed by atoms with Gasteiger partial charge < -0.3 is 0 Å². The van der Waals surface area contributed by atoms with Crippen molar-refractivity contribution in [2.75, 3.05) is 19.6 Å². The van der Waals surface area contributed by atoms with Crippen LogP contribution >= 0.6 is 0 Å². The molecular formula is C8H12FN. The summed E-state index contributed by atoms with van der Waals surface area (Å²) < 4.78 is 12.5. The standard InChI is InChI=1S/C8H12FN/c1-2-3-5-10-6-4-8(9)7-10/h1,8H,3-7H2/t8-/m0/s1. The highest BCUT2D eigenvalue weighted by Gasteiger charge is 2.20. The van der Waals surface area contributed by atoms with Crippen LogP contribution in [-0.2, 0) is 0 Å². The quantitative estimate of drug-likeness (QED) is 0.520. The molecule has 1 nitrogen and oxygen atoms in total. The number of terminal acetylenes is 1. The van der Waals surface area contributed by atoms with Gasteiger partial charge >= 0.3 is 0 Å². The van der Waals surface area contributed by atoms with Crippen LogP contribution in [0.1, 0.15) is 12.8 Å². The van der Waals surface area contributed by atoms with Gasteiger partial charge in [0, 0.05) is 26.1 Å². The van der Waals surface area contributed by atoms with Gasteiger partial charge in [0.1, 0.15) is 6.17 Å². The van der Waals surface area contributed by atoms with E-state index < -0.39 is 6.17 Å². The van der Waals surface area contributed by atoms with Crippen molar-refractivity contribution < 1.29 is 4.39 Å². The Hall–Kier alpha value is -0.550. The van der Waals surface area contributed by atoms with Gasteiger partial charge in [0.2, 0.25) is 0 Å². The molecule has 1 heterocycles. The van der Waals surface area contributed by atoms with E-state index in [0.29, 0.717) is 13.0 Å². The van der Waals surface area contributed by atoms with Crippen molar-refractivity contribution in [3.05, 3.63) is 0 Å². The predicted octanol–water partition coefficient (Wildman–Crippen LogP) is 1.05. The summed E-state index contributed by atoms with van der Waals surface area (Å²) in [4.78, 5) is 2.07. The van der Waals surface area contributed by atoms with Crippen molar-refractivity contribution >= 4 is 0 Å². The fourth-order valence-corrected chi connectivity index (χ4v) is 1.21. The molecule has 2 heteroatoms. The highest BCUT2D eigenvalue weighted by molar-refractivity contribution is 4.86. The van der Waals surface area contributed by atoms with E-state index in [1.807, 2.05) is 0 Å². The molecule has 1 aliphatic heterocycles. The van der Waals surface area contributed by atoms with Crippen LogP contribution in [0.25, 0.3) is 0 Å². The second-order valence-corrected chi connectivity index (χ2v) is 2.64. The van der Waals surface area contributed by atoms with Gasteiger partial charge in [0.15, 0.2) is 0 Å². The molecule has 10 heavy (non-hydrogen) atoms. The van der Waals surface area contributed by atoms with E-state index in [0.717, 1.165) is 19.5 Å². The lowest BCUT2D eigenvalue weighted by molar-refractivity contribution is 0.292. The average molecular weight is 141 g/mol. The summed E-state index contributed by atoms with van der Waals surface area (Å²) in [6.07, 6.45) is 5.89. The van der Waals surface area contributed by atoms with Crippen LogP contribution in [0.3, 0.4) is 0 Å². The Balaban J connectivity index is 2.14. The molecule has 0 aromatic rings. The molecule has 0 aromatic carbocycles. The van der Waals surface area contributed by atoms with Gasteiger partial charge in [0.25, 0.3) is 0 Å². The average Bonchev–Trinajstić information content (AvgIpc) is 2.31. The molecule has 0 aliphatic carbocycles. The minimum absolute atomic E-state index is 0.585. The molecule has 1 aliphatic rings. The third-order valence-corrected chi connectivity index (χ3v) is 1.79. The fraction of sp³-hybridized carbons (Fsp3) is 0.750. The predicted molar refractivity (Wildman–Crippen MR) is 39.4 cm³/mol. The van der Waals surface area contributed by atoms with E-state index >= 15 is 0 Å². The Labute approximate surface area is 61.2 Å². The zero-order valence-electron chi connectivity index (χ0n) is 6.02. The highest BCUT2D eigenvalue weighted by atomic mass is 19.1. The van der Waals surface area contributed by atoms with Crippen LogP contribution in [0.4, 0.5) is 4.39 Å². The summed E-state index contributed by atoms with van der Waals surface area (Å²) in [5, 5.41) is 0. The van der Waals surface area contributed by atoms with Crippen LogP contribution < -0.4 is 0 Å². The van der Waals surface area contributed by atoms with E-state index in [-0.39, 0.29) is 0 Å². The van der Waals surface area contributed by atoms with Crippen molar-refractivity contribution in [2.24, 2.45) is 0 Å². The number of hydrogen-bond acceptors (Lipinski definition) is 1. The first-order valence-corrected chi connectivity index (χ1v) is 3.63. The molecule has 0 radical (unpaired) electrons.